The van der Waals surface area contributed by atoms with Crippen LogP contribution >= 0.6 is 0 Å². The molecule has 0 aliphatic heterocycles. The average Bonchev–Trinajstić information content (AvgIpc) is 2.95. The standard InChI is InChI=1S/C21H21F3N2O/c1-13-18(16-6-4-5-7-17(16)26-13)20(2,3)12-25-19(27)14-8-10-15(11-9-14)21(22,23)24/h4-11,26H,12H2,1-3H3,(H,25,27). The fourth-order valence-electron chi connectivity index (χ4n) is 3.45. The SMILES string of the molecule is Cc1[nH]c2ccccc2c1C(C)(C)CNC(=O)c1ccc(C(F)(F)F)cc1. The van der Waals surface area contributed by atoms with E-state index in [-0.39, 0.29) is 11.0 Å². The van der Waals surface area contributed by atoms with Crippen LogP contribution in [-0.2, 0) is 11.6 Å². The Morgan fingerprint density at radius 3 is 2.30 bits per heavy atom. The maximum Gasteiger partial charge on any atom is 0.416 e. The first-order valence-electron chi connectivity index (χ1n) is 8.63. The van der Waals surface area contributed by atoms with E-state index in [1.165, 1.54) is 12.1 Å². The van der Waals surface area contributed by atoms with E-state index in [0.29, 0.717) is 6.54 Å². The van der Waals surface area contributed by atoms with E-state index in [9.17, 15) is 18.0 Å². The molecule has 142 valence electrons. The maximum absolute atomic E-state index is 12.6. The summed E-state index contributed by atoms with van der Waals surface area (Å²) in [4.78, 5) is 15.7. The largest absolute Gasteiger partial charge is 0.416 e. The molecule has 1 heterocycles. The summed E-state index contributed by atoms with van der Waals surface area (Å²) >= 11 is 0. The van der Waals surface area contributed by atoms with Crippen molar-refractivity contribution in [3.05, 3.63) is 70.9 Å². The van der Waals surface area contributed by atoms with Crippen LogP contribution in [-0.4, -0.2) is 17.4 Å². The summed E-state index contributed by atoms with van der Waals surface area (Å²) in [5, 5.41) is 3.94. The molecule has 0 spiro atoms. The van der Waals surface area contributed by atoms with Gasteiger partial charge >= 0.3 is 6.18 Å². The predicted molar refractivity (Wildman–Crippen MR) is 99.8 cm³/mol. The third-order valence-electron chi connectivity index (χ3n) is 4.74. The van der Waals surface area contributed by atoms with Crippen LogP contribution in [0.4, 0.5) is 13.2 Å². The molecule has 0 aliphatic rings. The second-order valence-electron chi connectivity index (χ2n) is 7.31. The van der Waals surface area contributed by atoms with Crippen LogP contribution in [0.15, 0.2) is 48.5 Å². The Hall–Kier alpha value is -2.76. The number of para-hydroxylation sites is 1. The molecule has 27 heavy (non-hydrogen) atoms. The zero-order valence-electron chi connectivity index (χ0n) is 15.4. The van der Waals surface area contributed by atoms with E-state index in [1.54, 1.807) is 0 Å². The normalized spacial score (nSPS) is 12.4. The van der Waals surface area contributed by atoms with Gasteiger partial charge in [0.2, 0.25) is 0 Å². The summed E-state index contributed by atoms with van der Waals surface area (Å²) in [6, 6.07) is 12.2. The number of hydrogen-bond donors (Lipinski definition) is 2. The van der Waals surface area contributed by atoms with Gasteiger partial charge in [-0.3, -0.25) is 4.79 Å². The third kappa shape index (κ3) is 3.84. The lowest BCUT2D eigenvalue weighted by Gasteiger charge is -2.26. The van der Waals surface area contributed by atoms with Crippen LogP contribution in [0.5, 0.6) is 0 Å². The van der Waals surface area contributed by atoms with Crippen molar-refractivity contribution >= 4 is 16.8 Å². The summed E-state index contributed by atoms with van der Waals surface area (Å²) in [5.74, 6) is -0.394. The molecule has 1 amide bonds. The Kier molecular flexibility index (Phi) is 4.76. The number of rotatable bonds is 4. The quantitative estimate of drug-likeness (QED) is 0.648. The van der Waals surface area contributed by atoms with Crippen LogP contribution < -0.4 is 5.32 Å². The van der Waals surface area contributed by atoms with Crippen molar-refractivity contribution in [3.63, 3.8) is 0 Å². The lowest BCUT2D eigenvalue weighted by atomic mass is 9.82. The fraction of sp³-hybridized carbons (Fsp3) is 0.286. The van der Waals surface area contributed by atoms with Gasteiger partial charge in [-0.25, -0.2) is 0 Å². The van der Waals surface area contributed by atoms with Crippen molar-refractivity contribution in [2.45, 2.75) is 32.4 Å². The number of H-pyrrole nitrogens is 1. The second-order valence-corrected chi connectivity index (χ2v) is 7.31. The fourth-order valence-corrected chi connectivity index (χ4v) is 3.45. The molecule has 6 heteroatoms. The Bertz CT molecular complexity index is 969. The van der Waals surface area contributed by atoms with Gasteiger partial charge in [0.05, 0.1) is 5.56 Å². The monoisotopic (exact) mass is 374 g/mol. The molecule has 3 rings (SSSR count). The molecule has 3 nitrogen and oxygen atoms in total. The minimum atomic E-state index is -4.41. The van der Waals surface area contributed by atoms with Crippen molar-refractivity contribution in [1.82, 2.24) is 10.3 Å². The lowest BCUT2D eigenvalue weighted by Crippen LogP contribution is -2.37. The number of carbonyl (C=O) groups excluding carboxylic acids is 1. The Balaban J connectivity index is 1.76. The lowest BCUT2D eigenvalue weighted by molar-refractivity contribution is -0.137. The highest BCUT2D eigenvalue weighted by Crippen LogP contribution is 2.33. The van der Waals surface area contributed by atoms with Crippen LogP contribution in [0, 0.1) is 6.92 Å². The number of fused-ring (bicyclic) bond motifs is 1. The van der Waals surface area contributed by atoms with E-state index < -0.39 is 17.6 Å². The number of aromatic nitrogens is 1. The molecule has 0 atom stereocenters. The molecule has 0 saturated carbocycles. The summed E-state index contributed by atoms with van der Waals surface area (Å²) in [6.07, 6.45) is -4.41. The third-order valence-corrected chi connectivity index (χ3v) is 4.74. The van der Waals surface area contributed by atoms with Crippen molar-refractivity contribution in [3.8, 4) is 0 Å². The predicted octanol–water partition coefficient (Wildman–Crippen LogP) is 5.20. The van der Waals surface area contributed by atoms with E-state index in [1.807, 2.05) is 45.0 Å². The van der Waals surface area contributed by atoms with Gasteiger partial charge in [0.1, 0.15) is 0 Å². The molecule has 0 bridgehead atoms. The zero-order chi connectivity index (χ0) is 19.8. The van der Waals surface area contributed by atoms with Gasteiger partial charge in [0.25, 0.3) is 5.91 Å². The van der Waals surface area contributed by atoms with Gasteiger partial charge in [-0.1, -0.05) is 32.0 Å². The maximum atomic E-state index is 12.6. The first kappa shape index (κ1) is 19.0. The molecule has 3 aromatic rings. The summed E-state index contributed by atoms with van der Waals surface area (Å²) < 4.78 is 37.9. The van der Waals surface area contributed by atoms with Crippen molar-refractivity contribution in [2.24, 2.45) is 0 Å². The van der Waals surface area contributed by atoms with E-state index in [2.05, 4.69) is 10.3 Å². The molecule has 0 radical (unpaired) electrons. The minimum Gasteiger partial charge on any atom is -0.358 e. The first-order valence-corrected chi connectivity index (χ1v) is 8.63. The van der Waals surface area contributed by atoms with Crippen LogP contribution in [0.1, 0.15) is 41.0 Å². The number of hydrogen-bond acceptors (Lipinski definition) is 1. The van der Waals surface area contributed by atoms with Gasteiger partial charge < -0.3 is 10.3 Å². The van der Waals surface area contributed by atoms with Gasteiger partial charge in [0.15, 0.2) is 0 Å². The highest BCUT2D eigenvalue weighted by Gasteiger charge is 2.30. The van der Waals surface area contributed by atoms with E-state index in [4.69, 9.17) is 0 Å². The molecule has 0 aliphatic carbocycles. The number of benzene rings is 2. The number of halogens is 3. The number of nitrogens with one attached hydrogen (secondary N) is 2. The Labute approximate surface area is 155 Å². The smallest absolute Gasteiger partial charge is 0.358 e. The minimum absolute atomic E-state index is 0.203. The molecule has 2 N–H and O–H groups in total. The van der Waals surface area contributed by atoms with Gasteiger partial charge in [-0.2, -0.15) is 13.2 Å². The van der Waals surface area contributed by atoms with Gasteiger partial charge in [-0.05, 0) is 42.8 Å². The van der Waals surface area contributed by atoms with Crippen LogP contribution in [0.3, 0.4) is 0 Å². The summed E-state index contributed by atoms with van der Waals surface area (Å²) in [7, 11) is 0. The summed E-state index contributed by atoms with van der Waals surface area (Å²) in [6.45, 7) is 6.41. The van der Waals surface area contributed by atoms with Crippen molar-refractivity contribution < 1.29 is 18.0 Å². The number of aromatic amines is 1. The molecular formula is C21H21F3N2O. The summed E-state index contributed by atoms with van der Waals surface area (Å²) in [5.41, 5.74) is 2.26. The molecule has 0 fully saturated rings. The molecular weight excluding hydrogens is 353 g/mol. The van der Waals surface area contributed by atoms with Gasteiger partial charge in [-0.15, -0.1) is 0 Å². The molecule has 0 unspecified atom stereocenters. The highest BCUT2D eigenvalue weighted by molar-refractivity contribution is 5.94. The first-order chi connectivity index (χ1) is 12.6. The highest BCUT2D eigenvalue weighted by atomic mass is 19.4. The number of amides is 1. The van der Waals surface area contributed by atoms with E-state index >= 15 is 0 Å². The number of alkyl halides is 3. The Morgan fingerprint density at radius 1 is 1.04 bits per heavy atom. The Morgan fingerprint density at radius 2 is 1.67 bits per heavy atom. The topological polar surface area (TPSA) is 44.9 Å². The molecule has 2 aromatic carbocycles. The second kappa shape index (κ2) is 6.76. The van der Waals surface area contributed by atoms with Gasteiger partial charge in [0, 0.05) is 34.1 Å². The number of aryl methyl sites for hydroxylation is 1. The van der Waals surface area contributed by atoms with Crippen molar-refractivity contribution in [1.29, 1.82) is 0 Å². The van der Waals surface area contributed by atoms with E-state index in [0.717, 1.165) is 34.3 Å². The number of carbonyl (C=O) groups is 1. The van der Waals surface area contributed by atoms with Crippen LogP contribution in [0.2, 0.25) is 0 Å². The average molecular weight is 374 g/mol. The molecule has 0 saturated heterocycles. The zero-order valence-corrected chi connectivity index (χ0v) is 15.4. The van der Waals surface area contributed by atoms with Crippen molar-refractivity contribution in [2.75, 3.05) is 6.54 Å². The molecule has 1 aromatic heterocycles. The van der Waals surface area contributed by atoms with Crippen LogP contribution in [0.25, 0.3) is 10.9 Å².